The van der Waals surface area contributed by atoms with Gasteiger partial charge in [0.15, 0.2) is 0 Å². The second-order valence-electron chi connectivity index (χ2n) is 9.22. The number of likely N-dealkylation sites (tertiary alicyclic amines) is 1. The molecule has 3 aliphatic rings. The summed E-state index contributed by atoms with van der Waals surface area (Å²) in [6, 6.07) is -0.857. The van der Waals surface area contributed by atoms with E-state index in [-0.39, 0.29) is 35.0 Å². The lowest BCUT2D eigenvalue weighted by atomic mass is 9.76. The van der Waals surface area contributed by atoms with Crippen LogP contribution in [0.5, 0.6) is 0 Å². The Balaban J connectivity index is 1.47. The SMILES string of the molecule is C[C@H](C(=O)Nc1ncc2c(n1)CCC(C)(C)C2)N1C(=O)[C@@H]2CCCC[C@H]2C1=O. The molecule has 7 heteroatoms. The van der Waals surface area contributed by atoms with Crippen molar-refractivity contribution in [2.75, 3.05) is 5.32 Å². The monoisotopic (exact) mass is 384 g/mol. The number of nitrogens with zero attached hydrogens (tertiary/aromatic N) is 3. The number of nitrogens with one attached hydrogen (secondary N) is 1. The lowest BCUT2D eigenvalue weighted by molar-refractivity contribution is -0.146. The van der Waals surface area contributed by atoms with E-state index in [0.717, 1.165) is 61.1 Å². The number of anilines is 1. The molecule has 1 aromatic rings. The van der Waals surface area contributed by atoms with Gasteiger partial charge in [-0.25, -0.2) is 9.97 Å². The van der Waals surface area contributed by atoms with Crippen LogP contribution in [-0.2, 0) is 27.2 Å². The molecule has 4 rings (SSSR count). The van der Waals surface area contributed by atoms with E-state index in [1.165, 1.54) is 0 Å². The summed E-state index contributed by atoms with van der Waals surface area (Å²) in [4.78, 5) is 48.1. The molecular weight excluding hydrogens is 356 g/mol. The number of imide groups is 1. The largest absolute Gasteiger partial charge is 0.293 e. The summed E-state index contributed by atoms with van der Waals surface area (Å²) in [7, 11) is 0. The van der Waals surface area contributed by atoms with Crippen LogP contribution in [-0.4, -0.2) is 38.6 Å². The molecule has 2 heterocycles. The highest BCUT2D eigenvalue weighted by atomic mass is 16.2. The first-order valence-electron chi connectivity index (χ1n) is 10.3. The van der Waals surface area contributed by atoms with E-state index in [4.69, 9.17) is 0 Å². The molecule has 28 heavy (non-hydrogen) atoms. The van der Waals surface area contributed by atoms with Crippen molar-refractivity contribution in [3.8, 4) is 0 Å². The summed E-state index contributed by atoms with van der Waals surface area (Å²) in [5, 5.41) is 2.70. The molecule has 1 saturated carbocycles. The van der Waals surface area contributed by atoms with Crippen molar-refractivity contribution in [2.45, 2.75) is 71.8 Å². The molecule has 150 valence electrons. The Hall–Kier alpha value is -2.31. The zero-order valence-corrected chi connectivity index (χ0v) is 16.8. The first-order valence-corrected chi connectivity index (χ1v) is 10.3. The van der Waals surface area contributed by atoms with Crippen LogP contribution >= 0.6 is 0 Å². The summed E-state index contributed by atoms with van der Waals surface area (Å²) < 4.78 is 0. The van der Waals surface area contributed by atoms with Crippen LogP contribution in [0.15, 0.2) is 6.20 Å². The predicted molar refractivity (Wildman–Crippen MR) is 103 cm³/mol. The molecule has 2 aliphatic carbocycles. The van der Waals surface area contributed by atoms with E-state index in [9.17, 15) is 14.4 Å². The zero-order chi connectivity index (χ0) is 20.1. The van der Waals surface area contributed by atoms with Crippen molar-refractivity contribution < 1.29 is 14.4 Å². The molecule has 1 aliphatic heterocycles. The third-order valence-corrected chi connectivity index (χ3v) is 6.54. The van der Waals surface area contributed by atoms with Gasteiger partial charge in [0.2, 0.25) is 23.7 Å². The van der Waals surface area contributed by atoms with E-state index in [0.29, 0.717) is 0 Å². The third-order valence-electron chi connectivity index (χ3n) is 6.54. The van der Waals surface area contributed by atoms with Crippen molar-refractivity contribution in [3.05, 3.63) is 17.5 Å². The number of hydrogen-bond donors (Lipinski definition) is 1. The Kier molecular flexibility index (Phi) is 4.71. The van der Waals surface area contributed by atoms with Crippen molar-refractivity contribution >= 4 is 23.7 Å². The Bertz CT molecular complexity index is 811. The molecule has 1 saturated heterocycles. The average Bonchev–Trinajstić information content (AvgIpc) is 2.92. The third kappa shape index (κ3) is 3.31. The number of rotatable bonds is 3. The van der Waals surface area contributed by atoms with Gasteiger partial charge >= 0.3 is 0 Å². The molecular formula is C21H28N4O3. The predicted octanol–water partition coefficient (Wildman–Crippen LogP) is 2.49. The summed E-state index contributed by atoms with van der Waals surface area (Å²) in [5.41, 5.74) is 2.33. The minimum Gasteiger partial charge on any atom is -0.293 e. The molecule has 0 bridgehead atoms. The van der Waals surface area contributed by atoms with Crippen LogP contribution < -0.4 is 5.32 Å². The average molecular weight is 384 g/mol. The Morgan fingerprint density at radius 1 is 1.21 bits per heavy atom. The second kappa shape index (κ2) is 6.94. The topological polar surface area (TPSA) is 92.3 Å². The van der Waals surface area contributed by atoms with Crippen molar-refractivity contribution in [2.24, 2.45) is 17.3 Å². The maximum Gasteiger partial charge on any atom is 0.249 e. The minimum atomic E-state index is -0.857. The van der Waals surface area contributed by atoms with Gasteiger partial charge in [0.05, 0.1) is 11.8 Å². The first-order chi connectivity index (χ1) is 13.3. The molecule has 0 unspecified atom stereocenters. The van der Waals surface area contributed by atoms with Crippen LogP contribution in [0, 0.1) is 17.3 Å². The smallest absolute Gasteiger partial charge is 0.249 e. The van der Waals surface area contributed by atoms with Gasteiger partial charge in [0.1, 0.15) is 6.04 Å². The first kappa shape index (κ1) is 19.0. The highest BCUT2D eigenvalue weighted by Gasteiger charge is 2.50. The van der Waals surface area contributed by atoms with E-state index in [1.54, 1.807) is 13.1 Å². The van der Waals surface area contributed by atoms with Crippen molar-refractivity contribution in [3.63, 3.8) is 0 Å². The van der Waals surface area contributed by atoms with Gasteiger partial charge in [-0.15, -0.1) is 0 Å². The number of aromatic nitrogens is 2. The van der Waals surface area contributed by atoms with Crippen LogP contribution in [0.2, 0.25) is 0 Å². The molecule has 7 nitrogen and oxygen atoms in total. The highest BCUT2D eigenvalue weighted by molar-refractivity contribution is 6.09. The van der Waals surface area contributed by atoms with E-state index >= 15 is 0 Å². The van der Waals surface area contributed by atoms with E-state index in [1.807, 2.05) is 0 Å². The maximum absolute atomic E-state index is 12.7. The molecule has 1 aromatic heterocycles. The van der Waals surface area contributed by atoms with Crippen LogP contribution in [0.4, 0.5) is 5.95 Å². The number of carbonyl (C=O) groups excluding carboxylic acids is 3. The Morgan fingerprint density at radius 3 is 2.50 bits per heavy atom. The fourth-order valence-corrected chi connectivity index (χ4v) is 4.83. The van der Waals surface area contributed by atoms with Gasteiger partial charge in [-0.1, -0.05) is 26.7 Å². The van der Waals surface area contributed by atoms with Crippen LogP contribution in [0.3, 0.4) is 0 Å². The second-order valence-corrected chi connectivity index (χ2v) is 9.22. The minimum absolute atomic E-state index is 0.203. The van der Waals surface area contributed by atoms with Gasteiger partial charge in [-0.3, -0.25) is 24.6 Å². The maximum atomic E-state index is 12.7. The van der Waals surface area contributed by atoms with Gasteiger partial charge in [-0.2, -0.15) is 0 Å². The Morgan fingerprint density at radius 2 is 1.86 bits per heavy atom. The number of aryl methyl sites for hydroxylation is 1. The molecule has 1 N–H and O–H groups in total. The van der Waals surface area contributed by atoms with Gasteiger partial charge in [-0.05, 0) is 50.0 Å². The van der Waals surface area contributed by atoms with Crippen LogP contribution in [0.1, 0.15) is 64.1 Å². The quantitative estimate of drug-likeness (QED) is 0.809. The number of hydrogen-bond acceptors (Lipinski definition) is 5. The summed E-state index contributed by atoms with van der Waals surface area (Å²) >= 11 is 0. The fraction of sp³-hybridized carbons (Fsp3) is 0.667. The number of fused-ring (bicyclic) bond motifs is 2. The summed E-state index contributed by atoms with van der Waals surface area (Å²) in [6.45, 7) is 6.06. The van der Waals surface area contributed by atoms with Gasteiger partial charge in [0, 0.05) is 11.9 Å². The van der Waals surface area contributed by atoms with Crippen molar-refractivity contribution in [1.82, 2.24) is 14.9 Å². The normalized spacial score (nSPS) is 27.2. The van der Waals surface area contributed by atoms with Crippen molar-refractivity contribution in [1.29, 1.82) is 0 Å². The standard InChI is InChI=1S/C21H28N4O3/c1-12(25-18(27)14-6-4-5-7-15(14)19(25)28)17(26)24-20-22-11-13-10-21(2,3)9-8-16(13)23-20/h11-12,14-15H,4-10H2,1-3H3,(H,22,23,24,26)/t12-,14-,15-/m1/s1. The number of carbonyl (C=O) groups is 3. The number of amides is 3. The van der Waals surface area contributed by atoms with E-state index < -0.39 is 11.9 Å². The molecule has 0 aromatic carbocycles. The molecule has 2 fully saturated rings. The molecule has 3 atom stereocenters. The summed E-state index contributed by atoms with van der Waals surface area (Å²) in [5.74, 6) is -1.08. The molecule has 3 amide bonds. The fourth-order valence-electron chi connectivity index (χ4n) is 4.83. The Labute approximate surface area is 165 Å². The van der Waals surface area contributed by atoms with Gasteiger partial charge < -0.3 is 0 Å². The van der Waals surface area contributed by atoms with Crippen LogP contribution in [0.25, 0.3) is 0 Å². The lowest BCUT2D eigenvalue weighted by Crippen LogP contribution is -2.46. The lowest BCUT2D eigenvalue weighted by Gasteiger charge is -2.30. The molecule has 0 radical (unpaired) electrons. The molecule has 0 spiro atoms. The zero-order valence-electron chi connectivity index (χ0n) is 16.8. The highest BCUT2D eigenvalue weighted by Crippen LogP contribution is 2.39. The van der Waals surface area contributed by atoms with E-state index in [2.05, 4.69) is 29.1 Å². The van der Waals surface area contributed by atoms with Gasteiger partial charge in [0.25, 0.3) is 0 Å². The summed E-state index contributed by atoms with van der Waals surface area (Å²) in [6.07, 6.45) is 8.02.